The van der Waals surface area contributed by atoms with E-state index in [4.69, 9.17) is 5.73 Å². The van der Waals surface area contributed by atoms with E-state index < -0.39 is 28.9 Å². The van der Waals surface area contributed by atoms with Gasteiger partial charge in [0.25, 0.3) is 5.91 Å². The smallest absolute Gasteiger partial charge is 0.256 e. The summed E-state index contributed by atoms with van der Waals surface area (Å²) in [4.78, 5) is 13.4. The van der Waals surface area contributed by atoms with Crippen LogP contribution in [0.15, 0.2) is 12.1 Å². The van der Waals surface area contributed by atoms with Crippen molar-refractivity contribution >= 4 is 18.3 Å². The summed E-state index contributed by atoms with van der Waals surface area (Å²) < 4.78 is 39.3. The number of hydrogen-bond donors (Lipinski definition) is 1. The van der Waals surface area contributed by atoms with Crippen molar-refractivity contribution in [3.63, 3.8) is 0 Å². The molecule has 2 N–H and O–H groups in total. The summed E-state index contributed by atoms with van der Waals surface area (Å²) >= 11 is 0. The predicted octanol–water partition coefficient (Wildman–Crippen LogP) is 1.95. The van der Waals surface area contributed by atoms with E-state index in [0.29, 0.717) is 19.6 Å². The minimum absolute atomic E-state index is 0. The minimum atomic E-state index is -1.62. The van der Waals surface area contributed by atoms with Crippen LogP contribution in [-0.4, -0.2) is 30.4 Å². The number of carbonyl (C=O) groups is 1. The largest absolute Gasteiger partial charge is 0.338 e. The quantitative estimate of drug-likeness (QED) is 0.848. The maximum absolute atomic E-state index is 13.5. The fourth-order valence-corrected chi connectivity index (χ4v) is 2.07. The first kappa shape index (κ1) is 15.8. The Kier molecular flexibility index (Phi) is 5.20. The average Bonchev–Trinajstić information content (AvgIpc) is 2.84. The van der Waals surface area contributed by atoms with Crippen molar-refractivity contribution in [3.05, 3.63) is 35.1 Å². The average molecular weight is 295 g/mol. The molecule has 0 radical (unpaired) electrons. The molecule has 1 aromatic rings. The topological polar surface area (TPSA) is 46.3 Å². The first-order valence-corrected chi connectivity index (χ1v) is 5.67. The summed E-state index contributed by atoms with van der Waals surface area (Å²) in [5, 5.41) is 0. The number of likely N-dealkylation sites (tertiary alicyclic amines) is 1. The second-order valence-corrected chi connectivity index (χ2v) is 4.36. The molecule has 0 bridgehead atoms. The van der Waals surface area contributed by atoms with Crippen molar-refractivity contribution in [3.8, 4) is 0 Å². The third-order valence-corrected chi connectivity index (χ3v) is 3.17. The number of amides is 1. The maximum atomic E-state index is 13.5. The molecule has 1 fully saturated rings. The summed E-state index contributed by atoms with van der Waals surface area (Å²) in [5.41, 5.74) is 5.05. The van der Waals surface area contributed by atoms with E-state index in [1.165, 1.54) is 4.90 Å². The molecule has 1 heterocycles. The third kappa shape index (κ3) is 3.01. The van der Waals surface area contributed by atoms with Gasteiger partial charge in [0.2, 0.25) is 0 Å². The molecule has 3 nitrogen and oxygen atoms in total. The van der Waals surface area contributed by atoms with E-state index >= 15 is 0 Å². The van der Waals surface area contributed by atoms with Gasteiger partial charge in [-0.2, -0.15) is 0 Å². The fourth-order valence-electron chi connectivity index (χ4n) is 2.07. The molecule has 0 aliphatic carbocycles. The monoisotopic (exact) mass is 294 g/mol. The van der Waals surface area contributed by atoms with Crippen LogP contribution in [0.4, 0.5) is 13.2 Å². The van der Waals surface area contributed by atoms with Gasteiger partial charge in [0.15, 0.2) is 17.5 Å². The van der Waals surface area contributed by atoms with Crippen LogP contribution in [0.5, 0.6) is 0 Å². The number of hydrogen-bond acceptors (Lipinski definition) is 2. The second-order valence-electron chi connectivity index (χ2n) is 4.36. The van der Waals surface area contributed by atoms with Crippen molar-refractivity contribution in [1.82, 2.24) is 4.90 Å². The molecule has 7 heteroatoms. The van der Waals surface area contributed by atoms with Gasteiger partial charge < -0.3 is 10.6 Å². The normalized spacial score (nSPS) is 18.3. The van der Waals surface area contributed by atoms with Crippen LogP contribution in [0.3, 0.4) is 0 Å². The molecule has 0 aromatic heterocycles. The van der Waals surface area contributed by atoms with E-state index in [2.05, 4.69) is 0 Å². The van der Waals surface area contributed by atoms with Gasteiger partial charge in [-0.05, 0) is 31.0 Å². The lowest BCUT2D eigenvalue weighted by Crippen LogP contribution is -2.30. The van der Waals surface area contributed by atoms with Gasteiger partial charge >= 0.3 is 0 Å². The fraction of sp³-hybridized carbons (Fsp3) is 0.417. The Morgan fingerprint density at radius 2 is 2.00 bits per heavy atom. The molecule has 1 saturated heterocycles. The molecule has 0 saturated carbocycles. The molecular formula is C12H14ClF3N2O. The SMILES string of the molecule is Cl.NCC1CCN(C(=O)c2ccc(F)c(F)c2F)C1. The molecule has 1 aromatic carbocycles. The Morgan fingerprint density at radius 3 is 2.58 bits per heavy atom. The number of rotatable bonds is 2. The first-order valence-electron chi connectivity index (χ1n) is 5.67. The lowest BCUT2D eigenvalue weighted by Gasteiger charge is -2.16. The van der Waals surface area contributed by atoms with Crippen molar-refractivity contribution in [2.75, 3.05) is 19.6 Å². The van der Waals surface area contributed by atoms with Crippen LogP contribution in [0.25, 0.3) is 0 Å². The van der Waals surface area contributed by atoms with Crippen molar-refractivity contribution < 1.29 is 18.0 Å². The number of halogens is 4. The Labute approximate surface area is 115 Å². The lowest BCUT2D eigenvalue weighted by atomic mass is 10.1. The zero-order valence-corrected chi connectivity index (χ0v) is 10.9. The summed E-state index contributed by atoms with van der Waals surface area (Å²) in [6, 6.07) is 1.72. The lowest BCUT2D eigenvalue weighted by molar-refractivity contribution is 0.0781. The molecule has 1 atom stereocenters. The Bertz CT molecular complexity index is 484. The number of benzene rings is 1. The van der Waals surface area contributed by atoms with Crippen LogP contribution < -0.4 is 5.73 Å². The van der Waals surface area contributed by atoms with Crippen molar-refractivity contribution in [1.29, 1.82) is 0 Å². The first-order chi connectivity index (χ1) is 8.54. The highest BCUT2D eigenvalue weighted by atomic mass is 35.5. The predicted molar refractivity (Wildman–Crippen MR) is 66.6 cm³/mol. The van der Waals surface area contributed by atoms with Crippen LogP contribution >= 0.6 is 12.4 Å². The van der Waals surface area contributed by atoms with Crippen molar-refractivity contribution in [2.45, 2.75) is 6.42 Å². The molecule has 106 valence electrons. The van der Waals surface area contributed by atoms with Crippen LogP contribution in [0.1, 0.15) is 16.8 Å². The van der Waals surface area contributed by atoms with Gasteiger partial charge in [0.05, 0.1) is 5.56 Å². The Balaban J connectivity index is 0.00000180. The highest BCUT2D eigenvalue weighted by Gasteiger charge is 2.28. The van der Waals surface area contributed by atoms with E-state index in [1.807, 2.05) is 0 Å². The molecule has 0 spiro atoms. The van der Waals surface area contributed by atoms with E-state index in [0.717, 1.165) is 18.6 Å². The molecule has 1 aliphatic rings. The van der Waals surface area contributed by atoms with Crippen molar-refractivity contribution in [2.24, 2.45) is 11.7 Å². The van der Waals surface area contributed by atoms with Gasteiger partial charge in [0.1, 0.15) is 0 Å². The van der Waals surface area contributed by atoms with Gasteiger partial charge in [-0.25, -0.2) is 13.2 Å². The van der Waals surface area contributed by atoms with E-state index in [9.17, 15) is 18.0 Å². The molecule has 1 unspecified atom stereocenters. The van der Waals surface area contributed by atoms with Crippen LogP contribution in [0.2, 0.25) is 0 Å². The van der Waals surface area contributed by atoms with E-state index in [-0.39, 0.29) is 18.3 Å². The van der Waals surface area contributed by atoms with Gasteiger partial charge in [-0.1, -0.05) is 0 Å². The molecular weight excluding hydrogens is 281 g/mol. The number of nitrogens with two attached hydrogens (primary N) is 1. The zero-order valence-electron chi connectivity index (χ0n) is 10.0. The van der Waals surface area contributed by atoms with Gasteiger partial charge in [-0.3, -0.25) is 4.79 Å². The van der Waals surface area contributed by atoms with Crippen LogP contribution in [-0.2, 0) is 0 Å². The van der Waals surface area contributed by atoms with Gasteiger partial charge in [0, 0.05) is 13.1 Å². The minimum Gasteiger partial charge on any atom is -0.338 e. The summed E-state index contributed by atoms with van der Waals surface area (Å²) in [6.45, 7) is 1.33. The molecule has 1 amide bonds. The third-order valence-electron chi connectivity index (χ3n) is 3.17. The molecule has 2 rings (SSSR count). The molecule has 1 aliphatic heterocycles. The highest BCUT2D eigenvalue weighted by molar-refractivity contribution is 5.94. The standard InChI is InChI=1S/C12H13F3N2O.ClH/c13-9-2-1-8(10(14)11(9)15)12(18)17-4-3-7(5-16)6-17;/h1-2,7H,3-6,16H2;1H. The summed E-state index contributed by atoms with van der Waals surface area (Å²) in [5.74, 6) is -4.79. The Morgan fingerprint density at radius 1 is 1.32 bits per heavy atom. The van der Waals surface area contributed by atoms with Gasteiger partial charge in [-0.15, -0.1) is 12.4 Å². The Hall–Kier alpha value is -1.27. The zero-order chi connectivity index (χ0) is 13.3. The number of carbonyl (C=O) groups excluding carboxylic acids is 1. The summed E-state index contributed by atoms with van der Waals surface area (Å²) in [7, 11) is 0. The maximum Gasteiger partial charge on any atom is 0.256 e. The number of nitrogens with zero attached hydrogens (tertiary/aromatic N) is 1. The molecule has 19 heavy (non-hydrogen) atoms. The highest BCUT2D eigenvalue weighted by Crippen LogP contribution is 2.21. The second kappa shape index (κ2) is 6.25. The summed E-state index contributed by atoms with van der Waals surface area (Å²) in [6.07, 6.45) is 0.744. The van der Waals surface area contributed by atoms with Crippen LogP contribution in [0, 0.1) is 23.4 Å². The van der Waals surface area contributed by atoms with E-state index in [1.54, 1.807) is 0 Å².